The molecule has 1 aliphatic rings. The van der Waals surface area contributed by atoms with Gasteiger partial charge < -0.3 is 10.4 Å². The Morgan fingerprint density at radius 1 is 1.24 bits per heavy atom. The highest BCUT2D eigenvalue weighted by Gasteiger charge is 2.41. The van der Waals surface area contributed by atoms with Gasteiger partial charge in [-0.2, -0.15) is 0 Å². The first-order valence-electron chi connectivity index (χ1n) is 6.79. The Morgan fingerprint density at radius 2 is 1.86 bits per heavy atom. The third-order valence-corrected chi connectivity index (χ3v) is 4.79. The molecule has 2 rings (SSSR count). The number of aliphatic carboxylic acids is 1. The lowest BCUT2D eigenvalue weighted by molar-refractivity contribution is -0.145. The molecule has 3 unspecified atom stereocenters. The third-order valence-electron chi connectivity index (χ3n) is 3.98. The van der Waals surface area contributed by atoms with Crippen LogP contribution in [0.4, 0.5) is 5.69 Å². The Hall–Kier alpha value is -1.26. The molecule has 1 fully saturated rings. The third kappa shape index (κ3) is 3.33. The van der Waals surface area contributed by atoms with E-state index in [1.807, 2.05) is 13.8 Å². The smallest absolute Gasteiger partial charge is 0.307 e. The van der Waals surface area contributed by atoms with Gasteiger partial charge in [0.15, 0.2) is 0 Å². The zero-order valence-electron chi connectivity index (χ0n) is 11.8. The largest absolute Gasteiger partial charge is 0.481 e. The second-order valence-electron chi connectivity index (χ2n) is 5.67. The second kappa shape index (κ2) is 6.24. The number of carboxylic acid groups (broad SMARTS) is 1. The number of nitrogens with one attached hydrogen (secondary N) is 1. The monoisotopic (exact) mass is 329 g/mol. The molecule has 1 aromatic rings. The van der Waals surface area contributed by atoms with Crippen molar-refractivity contribution in [3.05, 3.63) is 27.7 Å². The van der Waals surface area contributed by atoms with Crippen LogP contribution in [0.2, 0.25) is 10.0 Å². The molecule has 0 heterocycles. The zero-order chi connectivity index (χ0) is 15.7. The number of aryl methyl sites for hydroxylation is 1. The van der Waals surface area contributed by atoms with Crippen molar-refractivity contribution in [1.82, 2.24) is 0 Å². The average molecular weight is 330 g/mol. The van der Waals surface area contributed by atoms with Crippen molar-refractivity contribution in [2.45, 2.75) is 26.7 Å². The van der Waals surface area contributed by atoms with E-state index in [1.165, 1.54) is 0 Å². The second-order valence-corrected chi connectivity index (χ2v) is 6.46. The minimum absolute atomic E-state index is 0.213. The summed E-state index contributed by atoms with van der Waals surface area (Å²) >= 11 is 12.2. The van der Waals surface area contributed by atoms with Crippen molar-refractivity contribution in [1.29, 1.82) is 0 Å². The molecule has 1 aromatic carbocycles. The van der Waals surface area contributed by atoms with E-state index in [0.717, 1.165) is 5.56 Å². The summed E-state index contributed by atoms with van der Waals surface area (Å²) < 4.78 is 0. The number of anilines is 1. The number of hydrogen-bond donors (Lipinski definition) is 2. The van der Waals surface area contributed by atoms with E-state index in [4.69, 9.17) is 23.2 Å². The quantitative estimate of drug-likeness (QED) is 0.881. The highest BCUT2D eigenvalue weighted by atomic mass is 35.5. The van der Waals surface area contributed by atoms with Gasteiger partial charge in [0, 0.05) is 0 Å². The number of carbonyl (C=O) groups excluding carboxylic acids is 1. The van der Waals surface area contributed by atoms with Crippen LogP contribution in [0.25, 0.3) is 0 Å². The normalized spacial score (nSPS) is 24.9. The van der Waals surface area contributed by atoms with E-state index >= 15 is 0 Å². The summed E-state index contributed by atoms with van der Waals surface area (Å²) in [5.74, 6) is -2.25. The lowest BCUT2D eigenvalue weighted by atomic mass is 9.95. The van der Waals surface area contributed by atoms with E-state index in [-0.39, 0.29) is 11.8 Å². The number of carboxylic acids is 1. The Morgan fingerprint density at radius 3 is 2.48 bits per heavy atom. The highest BCUT2D eigenvalue weighted by molar-refractivity contribution is 6.40. The Bertz CT molecular complexity index is 589. The molecule has 21 heavy (non-hydrogen) atoms. The Kier molecular flexibility index (Phi) is 4.79. The van der Waals surface area contributed by atoms with E-state index in [0.29, 0.717) is 28.6 Å². The van der Waals surface area contributed by atoms with Gasteiger partial charge in [-0.1, -0.05) is 36.2 Å². The van der Waals surface area contributed by atoms with Crippen molar-refractivity contribution in [3.8, 4) is 0 Å². The van der Waals surface area contributed by atoms with Gasteiger partial charge in [0.1, 0.15) is 0 Å². The van der Waals surface area contributed by atoms with Crippen LogP contribution in [-0.2, 0) is 9.59 Å². The van der Waals surface area contributed by atoms with Gasteiger partial charge in [-0.05, 0) is 37.3 Å². The summed E-state index contributed by atoms with van der Waals surface area (Å²) in [4.78, 5) is 23.7. The van der Waals surface area contributed by atoms with Crippen LogP contribution in [0.15, 0.2) is 12.1 Å². The van der Waals surface area contributed by atoms with E-state index in [1.54, 1.807) is 12.1 Å². The van der Waals surface area contributed by atoms with Crippen molar-refractivity contribution >= 4 is 40.8 Å². The van der Waals surface area contributed by atoms with Gasteiger partial charge in [-0.25, -0.2) is 0 Å². The average Bonchev–Trinajstić information content (AvgIpc) is 2.81. The molecule has 0 bridgehead atoms. The molecule has 4 nitrogen and oxygen atoms in total. The summed E-state index contributed by atoms with van der Waals surface area (Å²) in [6, 6.07) is 3.42. The summed E-state index contributed by atoms with van der Waals surface area (Å²) in [7, 11) is 0. The van der Waals surface area contributed by atoms with Crippen LogP contribution in [0, 0.1) is 24.7 Å². The van der Waals surface area contributed by atoms with Crippen molar-refractivity contribution in [2.24, 2.45) is 17.8 Å². The number of rotatable bonds is 3. The highest BCUT2D eigenvalue weighted by Crippen LogP contribution is 2.39. The van der Waals surface area contributed by atoms with Crippen LogP contribution in [-0.4, -0.2) is 17.0 Å². The fourth-order valence-corrected chi connectivity index (χ4v) is 3.31. The molecular weight excluding hydrogens is 313 g/mol. The van der Waals surface area contributed by atoms with Gasteiger partial charge in [0.25, 0.3) is 0 Å². The lowest BCUT2D eigenvalue weighted by Crippen LogP contribution is -2.30. The van der Waals surface area contributed by atoms with Gasteiger partial charge >= 0.3 is 5.97 Å². The molecule has 1 amide bonds. The van der Waals surface area contributed by atoms with Gasteiger partial charge in [-0.3, -0.25) is 9.59 Å². The zero-order valence-corrected chi connectivity index (χ0v) is 13.3. The van der Waals surface area contributed by atoms with Crippen LogP contribution >= 0.6 is 23.2 Å². The molecule has 2 N–H and O–H groups in total. The number of halogens is 2. The number of carbonyl (C=O) groups is 2. The number of hydrogen-bond acceptors (Lipinski definition) is 2. The summed E-state index contributed by atoms with van der Waals surface area (Å²) in [5.41, 5.74) is 1.15. The van der Waals surface area contributed by atoms with Crippen molar-refractivity contribution in [3.63, 3.8) is 0 Å². The molecule has 0 saturated heterocycles. The van der Waals surface area contributed by atoms with Gasteiger partial charge in [-0.15, -0.1) is 0 Å². The van der Waals surface area contributed by atoms with Crippen LogP contribution in [0.1, 0.15) is 25.3 Å². The maximum Gasteiger partial charge on any atom is 0.307 e. The fraction of sp³-hybridized carbons (Fsp3) is 0.467. The topological polar surface area (TPSA) is 66.4 Å². The fourth-order valence-electron chi connectivity index (χ4n) is 2.84. The molecule has 3 atom stereocenters. The molecular formula is C15H17Cl2NO3. The standard InChI is InChI=1S/C15H17Cl2NO3/c1-7-5-9(10(6-7)15(20)21)14(19)18-13-11(16)4-3-8(2)12(13)17/h3-4,7,9-10H,5-6H2,1-2H3,(H,18,19)(H,20,21). The molecule has 0 aliphatic heterocycles. The van der Waals surface area contributed by atoms with Gasteiger partial charge in [0.2, 0.25) is 5.91 Å². The van der Waals surface area contributed by atoms with Crippen molar-refractivity contribution < 1.29 is 14.7 Å². The minimum atomic E-state index is -0.930. The summed E-state index contributed by atoms with van der Waals surface area (Å²) in [6.45, 7) is 3.77. The molecule has 114 valence electrons. The van der Waals surface area contributed by atoms with Crippen molar-refractivity contribution in [2.75, 3.05) is 5.32 Å². The van der Waals surface area contributed by atoms with Crippen LogP contribution in [0.3, 0.4) is 0 Å². The Labute approximate surface area is 133 Å². The molecule has 1 aliphatic carbocycles. The number of amides is 1. The number of benzene rings is 1. The lowest BCUT2D eigenvalue weighted by Gasteiger charge is -2.17. The van der Waals surface area contributed by atoms with E-state index in [9.17, 15) is 14.7 Å². The van der Waals surface area contributed by atoms with Crippen LogP contribution in [0.5, 0.6) is 0 Å². The maximum absolute atomic E-state index is 12.4. The van der Waals surface area contributed by atoms with Gasteiger partial charge in [0.05, 0.1) is 27.6 Å². The first-order valence-corrected chi connectivity index (χ1v) is 7.55. The Balaban J connectivity index is 2.22. The molecule has 0 aromatic heterocycles. The molecule has 0 radical (unpaired) electrons. The first kappa shape index (κ1) is 16.1. The SMILES string of the molecule is Cc1ccc(Cl)c(NC(=O)C2CC(C)CC2C(=O)O)c1Cl. The predicted octanol–water partition coefficient (Wildman–Crippen LogP) is 3.99. The molecule has 0 spiro atoms. The predicted molar refractivity (Wildman–Crippen MR) is 82.8 cm³/mol. The molecule has 6 heteroatoms. The van der Waals surface area contributed by atoms with E-state index < -0.39 is 17.8 Å². The maximum atomic E-state index is 12.4. The summed E-state index contributed by atoms with van der Waals surface area (Å²) in [6.07, 6.45) is 1.08. The minimum Gasteiger partial charge on any atom is -0.481 e. The van der Waals surface area contributed by atoms with Crippen LogP contribution < -0.4 is 5.32 Å². The molecule has 1 saturated carbocycles. The summed E-state index contributed by atoms with van der Waals surface area (Å²) in [5, 5.41) is 12.7. The first-order chi connectivity index (χ1) is 9.81. The van der Waals surface area contributed by atoms with E-state index in [2.05, 4.69) is 5.32 Å².